The van der Waals surface area contributed by atoms with Crippen LogP contribution in [0.25, 0.3) is 0 Å². The first kappa shape index (κ1) is 24.6. The van der Waals surface area contributed by atoms with Gasteiger partial charge in [0, 0.05) is 0 Å². The third-order valence-electron chi connectivity index (χ3n) is 9.83. The maximum atomic E-state index is 2.35. The van der Waals surface area contributed by atoms with E-state index < -0.39 is 0 Å². The van der Waals surface area contributed by atoms with Crippen LogP contribution in [0.3, 0.4) is 0 Å². The molecule has 0 amide bonds. The van der Waals surface area contributed by atoms with E-state index in [0.29, 0.717) is 0 Å². The van der Waals surface area contributed by atoms with E-state index in [1.807, 2.05) is 0 Å². The Labute approximate surface area is 190 Å². The van der Waals surface area contributed by atoms with E-state index in [1.54, 1.807) is 89.9 Å². The van der Waals surface area contributed by atoms with Crippen molar-refractivity contribution >= 4 is 0 Å². The van der Waals surface area contributed by atoms with Gasteiger partial charge < -0.3 is 0 Å². The Kier molecular flexibility index (Phi) is 11.7. The van der Waals surface area contributed by atoms with E-state index in [2.05, 4.69) is 13.8 Å². The van der Waals surface area contributed by atoms with Gasteiger partial charge in [-0.25, -0.2) is 0 Å². The SMILES string of the molecule is CCCCCCC1CCC(CCC2CCC(C3CCC(CCCC)CC3)CC2)CC1. The quantitative estimate of drug-likeness (QED) is 0.277. The summed E-state index contributed by atoms with van der Waals surface area (Å²) in [4.78, 5) is 0. The summed E-state index contributed by atoms with van der Waals surface area (Å²) in [5.74, 6) is 6.57. The molecule has 0 heteroatoms. The summed E-state index contributed by atoms with van der Waals surface area (Å²) in [7, 11) is 0. The van der Waals surface area contributed by atoms with Crippen LogP contribution in [0.15, 0.2) is 0 Å². The number of unbranched alkanes of at least 4 members (excludes halogenated alkanes) is 4. The Balaban J connectivity index is 1.22. The lowest BCUT2D eigenvalue weighted by atomic mass is 9.68. The maximum Gasteiger partial charge on any atom is -0.0386 e. The molecule has 0 nitrogen and oxygen atoms in total. The van der Waals surface area contributed by atoms with Gasteiger partial charge in [0.2, 0.25) is 0 Å². The fourth-order valence-corrected chi connectivity index (χ4v) is 7.53. The van der Waals surface area contributed by atoms with Crippen LogP contribution in [-0.4, -0.2) is 0 Å². The Hall–Kier alpha value is 0. The van der Waals surface area contributed by atoms with Gasteiger partial charge in [-0.15, -0.1) is 0 Å². The highest BCUT2D eigenvalue weighted by Crippen LogP contribution is 2.44. The first-order chi connectivity index (χ1) is 14.8. The summed E-state index contributed by atoms with van der Waals surface area (Å²) in [5, 5.41) is 0. The highest BCUT2D eigenvalue weighted by molar-refractivity contribution is 4.83. The molecule has 0 aromatic carbocycles. The molecular weight excluding hydrogens is 360 g/mol. The van der Waals surface area contributed by atoms with E-state index in [9.17, 15) is 0 Å². The number of hydrogen-bond donors (Lipinski definition) is 0. The van der Waals surface area contributed by atoms with Crippen LogP contribution in [0, 0.1) is 35.5 Å². The minimum Gasteiger partial charge on any atom is -0.0654 e. The topological polar surface area (TPSA) is 0 Å². The van der Waals surface area contributed by atoms with Crippen LogP contribution >= 0.6 is 0 Å². The van der Waals surface area contributed by atoms with Crippen LogP contribution in [0.2, 0.25) is 0 Å². The zero-order valence-corrected chi connectivity index (χ0v) is 21.0. The lowest BCUT2D eigenvalue weighted by Crippen LogP contribution is -2.26. The average Bonchev–Trinajstić information content (AvgIpc) is 2.81. The van der Waals surface area contributed by atoms with Gasteiger partial charge in [-0.05, 0) is 61.2 Å². The summed E-state index contributed by atoms with van der Waals surface area (Å²) in [5.41, 5.74) is 0. The zero-order valence-electron chi connectivity index (χ0n) is 21.0. The van der Waals surface area contributed by atoms with Gasteiger partial charge in [0.05, 0.1) is 0 Å². The van der Waals surface area contributed by atoms with Gasteiger partial charge in [0.25, 0.3) is 0 Å². The number of hydrogen-bond acceptors (Lipinski definition) is 0. The Morgan fingerprint density at radius 3 is 1.17 bits per heavy atom. The average molecular weight is 417 g/mol. The molecule has 3 rings (SSSR count). The second-order valence-corrected chi connectivity index (χ2v) is 12.0. The van der Waals surface area contributed by atoms with Crippen molar-refractivity contribution in [3.05, 3.63) is 0 Å². The van der Waals surface area contributed by atoms with Crippen molar-refractivity contribution in [2.24, 2.45) is 35.5 Å². The molecule has 3 saturated carbocycles. The van der Waals surface area contributed by atoms with E-state index in [4.69, 9.17) is 0 Å². The Bertz CT molecular complexity index is 402. The fraction of sp³-hybridized carbons (Fsp3) is 1.00. The second kappa shape index (κ2) is 14.2. The molecule has 176 valence electrons. The van der Waals surface area contributed by atoms with Gasteiger partial charge in [-0.3, -0.25) is 0 Å². The van der Waals surface area contributed by atoms with Crippen LogP contribution in [-0.2, 0) is 0 Å². The monoisotopic (exact) mass is 416 g/mol. The second-order valence-electron chi connectivity index (χ2n) is 12.0. The Morgan fingerprint density at radius 2 is 0.733 bits per heavy atom. The fourth-order valence-electron chi connectivity index (χ4n) is 7.53. The molecule has 3 aliphatic carbocycles. The third-order valence-corrected chi connectivity index (χ3v) is 9.83. The molecule has 0 aromatic rings. The normalized spacial score (nSPS) is 35.4. The van der Waals surface area contributed by atoms with Crippen molar-refractivity contribution in [3.63, 3.8) is 0 Å². The van der Waals surface area contributed by atoms with Crippen LogP contribution in [0.5, 0.6) is 0 Å². The zero-order chi connectivity index (χ0) is 21.0. The minimum atomic E-state index is 1.09. The van der Waals surface area contributed by atoms with Crippen molar-refractivity contribution in [3.8, 4) is 0 Å². The Morgan fingerprint density at radius 1 is 0.367 bits per heavy atom. The lowest BCUT2D eigenvalue weighted by molar-refractivity contribution is 0.135. The molecule has 0 spiro atoms. The molecule has 3 aliphatic rings. The standard InChI is InChI=1S/C30H56/c1-3-5-7-8-10-26-11-13-27(14-12-26)15-16-28-19-23-30(24-20-28)29-21-17-25(18-22-29)9-6-4-2/h25-30H,3-24H2,1-2H3. The van der Waals surface area contributed by atoms with Crippen molar-refractivity contribution in [1.29, 1.82) is 0 Å². The largest absolute Gasteiger partial charge is 0.0654 e. The van der Waals surface area contributed by atoms with Crippen molar-refractivity contribution in [1.82, 2.24) is 0 Å². The highest BCUT2D eigenvalue weighted by atomic mass is 14.4. The first-order valence-electron chi connectivity index (χ1n) is 14.8. The first-order valence-corrected chi connectivity index (χ1v) is 14.8. The molecule has 0 aliphatic heterocycles. The molecule has 3 fully saturated rings. The molecular formula is C30H56. The predicted octanol–water partition coefficient (Wildman–Crippen LogP) is 10.3. The van der Waals surface area contributed by atoms with Crippen LogP contribution < -0.4 is 0 Å². The molecule has 0 N–H and O–H groups in total. The summed E-state index contributed by atoms with van der Waals surface area (Å²) < 4.78 is 0. The molecule has 0 aromatic heterocycles. The van der Waals surface area contributed by atoms with Gasteiger partial charge in [0.1, 0.15) is 0 Å². The minimum absolute atomic E-state index is 1.09. The van der Waals surface area contributed by atoms with E-state index >= 15 is 0 Å². The van der Waals surface area contributed by atoms with E-state index in [0.717, 1.165) is 35.5 Å². The van der Waals surface area contributed by atoms with Crippen molar-refractivity contribution in [2.45, 2.75) is 155 Å². The van der Waals surface area contributed by atoms with Crippen LogP contribution in [0.1, 0.15) is 155 Å². The molecule has 0 heterocycles. The lowest BCUT2D eigenvalue weighted by Gasteiger charge is -2.38. The molecule has 0 unspecified atom stereocenters. The molecule has 0 atom stereocenters. The molecule has 0 saturated heterocycles. The van der Waals surface area contributed by atoms with E-state index in [-0.39, 0.29) is 0 Å². The molecule has 0 bridgehead atoms. The molecule has 0 radical (unpaired) electrons. The summed E-state index contributed by atoms with van der Waals surface area (Å²) in [6.07, 6.45) is 33.7. The van der Waals surface area contributed by atoms with Crippen molar-refractivity contribution < 1.29 is 0 Å². The van der Waals surface area contributed by atoms with Gasteiger partial charge in [-0.1, -0.05) is 129 Å². The van der Waals surface area contributed by atoms with E-state index in [1.165, 1.54) is 51.4 Å². The summed E-state index contributed by atoms with van der Waals surface area (Å²) in [6, 6.07) is 0. The number of rotatable bonds is 12. The van der Waals surface area contributed by atoms with Gasteiger partial charge in [0.15, 0.2) is 0 Å². The van der Waals surface area contributed by atoms with Crippen LogP contribution in [0.4, 0.5) is 0 Å². The summed E-state index contributed by atoms with van der Waals surface area (Å²) >= 11 is 0. The third kappa shape index (κ3) is 8.50. The van der Waals surface area contributed by atoms with Gasteiger partial charge >= 0.3 is 0 Å². The highest BCUT2D eigenvalue weighted by Gasteiger charge is 2.31. The predicted molar refractivity (Wildman–Crippen MR) is 134 cm³/mol. The molecule has 30 heavy (non-hydrogen) atoms. The van der Waals surface area contributed by atoms with Crippen molar-refractivity contribution in [2.75, 3.05) is 0 Å². The van der Waals surface area contributed by atoms with Gasteiger partial charge in [-0.2, -0.15) is 0 Å². The smallest absolute Gasteiger partial charge is 0.0386 e. The maximum absolute atomic E-state index is 2.35. The summed E-state index contributed by atoms with van der Waals surface area (Å²) in [6.45, 7) is 4.68.